The second kappa shape index (κ2) is 10.9. The van der Waals surface area contributed by atoms with E-state index in [1.807, 2.05) is 68.4 Å². The molecule has 1 aromatic heterocycles. The second-order valence-corrected chi connectivity index (χ2v) is 9.79. The fourth-order valence-electron chi connectivity index (χ4n) is 4.75. The molecule has 1 N–H and O–H groups in total. The summed E-state index contributed by atoms with van der Waals surface area (Å²) in [6.07, 6.45) is 1.52. The molecule has 1 saturated heterocycles. The van der Waals surface area contributed by atoms with Gasteiger partial charge in [0.25, 0.3) is 11.7 Å². The van der Waals surface area contributed by atoms with Crippen molar-refractivity contribution in [3.05, 3.63) is 125 Å². The van der Waals surface area contributed by atoms with Crippen molar-refractivity contribution in [2.24, 2.45) is 0 Å². The minimum Gasteiger partial charge on any atom is -0.507 e. The van der Waals surface area contributed by atoms with Crippen LogP contribution in [0.2, 0.25) is 0 Å². The number of aliphatic hydroxyl groups is 1. The van der Waals surface area contributed by atoms with E-state index in [0.29, 0.717) is 29.2 Å². The number of carbonyl (C=O) groups excluding carboxylic acids is 2. The normalized spacial score (nSPS) is 16.5. The van der Waals surface area contributed by atoms with E-state index >= 15 is 0 Å². The number of hydrogen-bond donors (Lipinski definition) is 1. The van der Waals surface area contributed by atoms with Crippen molar-refractivity contribution >= 4 is 23.1 Å². The molecule has 1 aliphatic heterocycles. The van der Waals surface area contributed by atoms with E-state index in [1.54, 1.807) is 36.4 Å². The number of aryl methyl sites for hydroxylation is 1. The zero-order valence-electron chi connectivity index (χ0n) is 22.1. The smallest absolute Gasteiger partial charge is 0.296 e. The molecule has 4 aromatic rings. The molecule has 0 saturated carbocycles. The largest absolute Gasteiger partial charge is 0.507 e. The van der Waals surface area contributed by atoms with Gasteiger partial charge in [0.1, 0.15) is 23.9 Å². The Hall–Kier alpha value is -4.78. The lowest BCUT2D eigenvalue weighted by Gasteiger charge is -2.25. The number of amides is 1. The number of carbonyl (C=O) groups is 2. The Morgan fingerprint density at radius 1 is 0.974 bits per heavy atom. The predicted molar refractivity (Wildman–Crippen MR) is 149 cm³/mol. The monoisotopic (exact) mass is 522 g/mol. The zero-order chi connectivity index (χ0) is 27.5. The van der Waals surface area contributed by atoms with Crippen molar-refractivity contribution in [2.75, 3.05) is 19.0 Å². The minimum absolute atomic E-state index is 0.0394. The van der Waals surface area contributed by atoms with Crippen LogP contribution in [0.4, 0.5) is 5.69 Å². The molecule has 3 aromatic carbocycles. The average Bonchev–Trinajstić information content (AvgIpc) is 3.54. The first-order valence-electron chi connectivity index (χ1n) is 12.7. The van der Waals surface area contributed by atoms with Crippen LogP contribution in [0.5, 0.6) is 5.75 Å². The van der Waals surface area contributed by atoms with Gasteiger partial charge in [0.15, 0.2) is 0 Å². The van der Waals surface area contributed by atoms with Crippen LogP contribution in [-0.4, -0.2) is 35.8 Å². The number of anilines is 1. The van der Waals surface area contributed by atoms with Gasteiger partial charge < -0.3 is 24.1 Å². The van der Waals surface area contributed by atoms with Crippen LogP contribution < -0.4 is 9.64 Å². The second-order valence-electron chi connectivity index (χ2n) is 9.79. The number of likely N-dealkylation sites (tertiary alicyclic amines) is 1. The summed E-state index contributed by atoms with van der Waals surface area (Å²) in [5.41, 5.74) is 4.36. The molecular weight excluding hydrogens is 492 g/mol. The van der Waals surface area contributed by atoms with E-state index in [1.165, 1.54) is 11.2 Å². The molecule has 0 radical (unpaired) electrons. The maximum Gasteiger partial charge on any atom is 0.296 e. The van der Waals surface area contributed by atoms with Gasteiger partial charge in [-0.05, 0) is 66.6 Å². The molecule has 0 bridgehead atoms. The van der Waals surface area contributed by atoms with Crippen molar-refractivity contribution in [2.45, 2.75) is 26.1 Å². The van der Waals surface area contributed by atoms with Crippen LogP contribution in [0.25, 0.3) is 5.76 Å². The van der Waals surface area contributed by atoms with Gasteiger partial charge >= 0.3 is 0 Å². The summed E-state index contributed by atoms with van der Waals surface area (Å²) in [6, 6.07) is 25.2. The molecule has 0 aliphatic carbocycles. The maximum absolute atomic E-state index is 13.3. The van der Waals surface area contributed by atoms with Gasteiger partial charge in [-0.25, -0.2) is 0 Å². The highest BCUT2D eigenvalue weighted by molar-refractivity contribution is 6.46. The predicted octanol–water partition coefficient (Wildman–Crippen LogP) is 5.85. The molecule has 1 amide bonds. The topological polar surface area (TPSA) is 83.2 Å². The minimum atomic E-state index is -0.774. The van der Waals surface area contributed by atoms with Crippen LogP contribution in [0.3, 0.4) is 0 Å². The van der Waals surface area contributed by atoms with Gasteiger partial charge in [0.2, 0.25) is 0 Å². The highest BCUT2D eigenvalue weighted by Crippen LogP contribution is 2.41. The van der Waals surface area contributed by atoms with E-state index in [4.69, 9.17) is 9.15 Å². The number of nitrogens with zero attached hydrogens (tertiary/aromatic N) is 2. The number of Topliss-reactive ketones (excluding diaryl/α,β-unsaturated/α-hetero) is 1. The SMILES string of the molecule is Cc1cccc(COc2ccc(/C(O)=C3\C(=O)C(=O)N(Cc4ccco4)[C@@H]3c3ccc(N(C)C)cc3)cc2)c1. The highest BCUT2D eigenvalue weighted by Gasteiger charge is 2.46. The van der Waals surface area contributed by atoms with E-state index < -0.39 is 17.7 Å². The van der Waals surface area contributed by atoms with Crippen molar-refractivity contribution in [1.29, 1.82) is 0 Å². The third-order valence-electron chi connectivity index (χ3n) is 6.79. The number of hydrogen-bond acceptors (Lipinski definition) is 6. The number of ether oxygens (including phenoxy) is 1. The lowest BCUT2D eigenvalue weighted by atomic mass is 9.95. The van der Waals surface area contributed by atoms with Crippen LogP contribution in [0.1, 0.15) is 34.1 Å². The van der Waals surface area contributed by atoms with Crippen LogP contribution >= 0.6 is 0 Å². The van der Waals surface area contributed by atoms with Gasteiger partial charge in [-0.15, -0.1) is 0 Å². The van der Waals surface area contributed by atoms with Gasteiger partial charge in [-0.3, -0.25) is 9.59 Å². The molecule has 1 atom stereocenters. The first-order valence-corrected chi connectivity index (χ1v) is 12.7. The lowest BCUT2D eigenvalue weighted by Crippen LogP contribution is -2.29. The molecule has 39 heavy (non-hydrogen) atoms. The summed E-state index contributed by atoms with van der Waals surface area (Å²) >= 11 is 0. The summed E-state index contributed by atoms with van der Waals surface area (Å²) in [6.45, 7) is 2.54. The molecule has 198 valence electrons. The summed E-state index contributed by atoms with van der Waals surface area (Å²) in [4.78, 5) is 29.9. The Morgan fingerprint density at radius 3 is 2.36 bits per heavy atom. The van der Waals surface area contributed by atoms with Crippen molar-refractivity contribution in [1.82, 2.24) is 4.90 Å². The quantitative estimate of drug-likeness (QED) is 0.177. The zero-order valence-corrected chi connectivity index (χ0v) is 22.1. The number of aliphatic hydroxyl groups excluding tert-OH is 1. The van der Waals surface area contributed by atoms with Gasteiger partial charge in [0, 0.05) is 25.3 Å². The number of ketones is 1. The first kappa shape index (κ1) is 25.9. The standard InChI is InChI=1S/C32H30N2O5/c1-21-6-4-7-22(18-21)20-39-26-15-11-24(12-16-26)30(35)28-29(23-9-13-25(14-10-23)33(2)3)34(32(37)31(28)36)19-27-8-5-17-38-27/h4-18,29,35H,19-20H2,1-3H3/b30-28+/t29-/m1/s1. The van der Waals surface area contributed by atoms with Crippen molar-refractivity contribution in [3.63, 3.8) is 0 Å². The molecular formula is C32H30N2O5. The molecule has 0 spiro atoms. The van der Waals surface area contributed by atoms with Crippen molar-refractivity contribution in [3.8, 4) is 5.75 Å². The Bertz CT molecular complexity index is 1500. The Kier molecular flexibility index (Phi) is 7.23. The Labute approximate surface area is 227 Å². The number of rotatable bonds is 8. The van der Waals surface area contributed by atoms with Crippen LogP contribution in [-0.2, 0) is 22.7 Å². The van der Waals surface area contributed by atoms with Gasteiger partial charge in [0.05, 0.1) is 24.4 Å². The molecule has 5 rings (SSSR count). The van der Waals surface area contributed by atoms with Gasteiger partial charge in [-0.2, -0.15) is 0 Å². The Balaban J connectivity index is 1.47. The average molecular weight is 523 g/mol. The lowest BCUT2D eigenvalue weighted by molar-refractivity contribution is -0.140. The van der Waals surface area contributed by atoms with Crippen LogP contribution in [0.15, 0.2) is 101 Å². The Morgan fingerprint density at radius 2 is 1.72 bits per heavy atom. The molecule has 7 nitrogen and oxygen atoms in total. The van der Waals surface area contributed by atoms with E-state index in [2.05, 4.69) is 6.07 Å². The molecule has 1 fully saturated rings. The number of benzene rings is 3. The van der Waals surface area contributed by atoms with Crippen molar-refractivity contribution < 1.29 is 23.8 Å². The molecule has 7 heteroatoms. The van der Waals surface area contributed by atoms with E-state index in [-0.39, 0.29) is 17.9 Å². The summed E-state index contributed by atoms with van der Waals surface area (Å²) in [5.74, 6) is -0.487. The summed E-state index contributed by atoms with van der Waals surface area (Å²) in [5, 5.41) is 11.4. The highest BCUT2D eigenvalue weighted by atomic mass is 16.5. The summed E-state index contributed by atoms with van der Waals surface area (Å²) in [7, 11) is 3.87. The first-order chi connectivity index (χ1) is 18.8. The molecule has 2 heterocycles. The fraction of sp³-hybridized carbons (Fsp3) is 0.188. The van der Waals surface area contributed by atoms with E-state index in [0.717, 1.165) is 16.8 Å². The summed E-state index contributed by atoms with van der Waals surface area (Å²) < 4.78 is 11.4. The number of furan rings is 1. The third-order valence-corrected chi connectivity index (χ3v) is 6.79. The third kappa shape index (κ3) is 5.43. The molecule has 1 aliphatic rings. The maximum atomic E-state index is 13.3. The van der Waals surface area contributed by atoms with Crippen LogP contribution in [0, 0.1) is 6.92 Å². The van der Waals surface area contributed by atoms with Gasteiger partial charge in [-0.1, -0.05) is 42.0 Å². The fourth-order valence-corrected chi connectivity index (χ4v) is 4.75. The molecule has 0 unspecified atom stereocenters. The van der Waals surface area contributed by atoms with E-state index in [9.17, 15) is 14.7 Å².